The molecule has 0 radical (unpaired) electrons. The van der Waals surface area contributed by atoms with Crippen LogP contribution in [-0.4, -0.2) is 81.2 Å². The third-order valence-corrected chi connectivity index (χ3v) is 25.6. The fourth-order valence-corrected chi connectivity index (χ4v) is 19.9. The summed E-state index contributed by atoms with van der Waals surface area (Å²) in [6.07, 6.45) is 25.3. The van der Waals surface area contributed by atoms with Crippen LogP contribution in [0.5, 0.6) is 0 Å². The van der Waals surface area contributed by atoms with Crippen LogP contribution in [0.4, 0.5) is 0 Å². The van der Waals surface area contributed by atoms with Crippen LogP contribution in [0.1, 0.15) is 157 Å². The Morgan fingerprint density at radius 3 is 1.37 bits per heavy atom. The topological polar surface area (TPSA) is 135 Å². The SMILES string of the molecule is C1=CCN=C1.CC(C)CP(I)(c1ccccc1)(c1ccccc1)c1ccccc1.CCn1cc(C=O)cn1.CCn1cc(CCC(C)C)cn1.CCn1ncc(CCC(C)C)c1C(=O)CBr.CCn1ncc(CCC(C)C)c1C(C)=O. The minimum Gasteiger partial charge on any atom is -0.298 e. The molecule has 1 aliphatic rings. The van der Waals surface area contributed by atoms with Crippen LogP contribution in [-0.2, 0) is 45.4 Å². The molecule has 0 amide bonds. The van der Waals surface area contributed by atoms with Gasteiger partial charge >= 0.3 is 159 Å². The van der Waals surface area contributed by atoms with Crippen LogP contribution in [0, 0.1) is 23.7 Å². The molecule has 3 aromatic carbocycles. The Morgan fingerprint density at radius 2 is 1.04 bits per heavy atom. The van der Waals surface area contributed by atoms with Gasteiger partial charge in [0.2, 0.25) is 0 Å². The number of hydrogen-bond acceptors (Lipinski definition) is 8. The zero-order chi connectivity index (χ0) is 59.8. The largest absolute Gasteiger partial charge is 0.298 e. The van der Waals surface area contributed by atoms with E-state index in [1.54, 1.807) is 39.6 Å². The summed E-state index contributed by atoms with van der Waals surface area (Å²) in [6, 6.07) is 33.4. The van der Waals surface area contributed by atoms with E-state index in [-0.39, 0.29) is 11.6 Å². The third-order valence-electron chi connectivity index (χ3n) is 13.4. The summed E-state index contributed by atoms with van der Waals surface area (Å²) in [5, 5.41) is 21.4. The summed E-state index contributed by atoms with van der Waals surface area (Å²) in [5.74, 6) is 2.95. The molecular weight excluding hydrogens is 1200 g/mol. The van der Waals surface area contributed by atoms with Crippen molar-refractivity contribution in [1.82, 2.24) is 39.1 Å². The number of halogens is 2. The fraction of sp³-hybridized carbons (Fsp3) is 0.455. The van der Waals surface area contributed by atoms with Gasteiger partial charge in [0.05, 0.1) is 42.2 Å². The Balaban J connectivity index is 0.000000269. The first-order valence-corrected chi connectivity index (χ1v) is 35.4. The number of rotatable bonds is 22. The van der Waals surface area contributed by atoms with Crippen molar-refractivity contribution in [3.8, 4) is 0 Å². The first-order chi connectivity index (χ1) is 38.8. The summed E-state index contributed by atoms with van der Waals surface area (Å²) in [5.41, 5.74) is 5.75. The van der Waals surface area contributed by atoms with Gasteiger partial charge < -0.3 is 0 Å². The van der Waals surface area contributed by atoms with Gasteiger partial charge in [0.1, 0.15) is 11.4 Å². The van der Waals surface area contributed by atoms with E-state index in [0.29, 0.717) is 28.6 Å². The number of Topliss-reactive ketones (excluding diaryl/α,β-unsaturated/α-hetero) is 2. The zero-order valence-corrected chi connectivity index (χ0v) is 55.5. The Morgan fingerprint density at radius 1 is 0.593 bits per heavy atom. The minimum atomic E-state index is -2.53. The van der Waals surface area contributed by atoms with Crippen LogP contribution in [0.15, 0.2) is 145 Å². The standard InChI is InChI=1S/C22H24IP.C12H19BrN2O.C12H20N2O.C10H18N2.C6H8N2O.C4H5N/c1-19(2)18-24(23,20-12-6-3-7-13-20,21-14-8-4-9-15-21)22-16-10-5-11-17-22;1-4-15-12(11(16)7-13)10(8-14-15)6-5-9(2)3;1-5-14-12(10(4)15)11(8-13-14)7-6-9(2)3;1-4-12-8-10(7-11-12)6-5-9(2)3;1-2-8-4-6(5-9)3-7-8;1-2-4-5-3-1/h3-17,19H,18H2,1-2H3;8-9H,4-7H2,1-3H3;8-9H,5-7H2,1-4H3;7-9H,4-6H2,1-3H3;3-5H,2H2,1H3;1-3H,4H2. The van der Waals surface area contributed by atoms with Crippen molar-refractivity contribution in [2.75, 3.05) is 18.0 Å². The van der Waals surface area contributed by atoms with Crippen LogP contribution < -0.4 is 15.9 Å². The summed E-state index contributed by atoms with van der Waals surface area (Å²) in [4.78, 5) is 37.2. The molecule has 0 fully saturated rings. The maximum atomic E-state index is 11.8. The summed E-state index contributed by atoms with van der Waals surface area (Å²) < 4.78 is 4.75. The van der Waals surface area contributed by atoms with Crippen molar-refractivity contribution in [1.29, 1.82) is 0 Å². The molecule has 8 rings (SSSR count). The van der Waals surface area contributed by atoms with Gasteiger partial charge in [0.15, 0.2) is 17.9 Å². The molecule has 0 unspecified atom stereocenters. The van der Waals surface area contributed by atoms with Crippen molar-refractivity contribution < 1.29 is 14.4 Å². The Hall–Kier alpha value is -5.44. The number of aliphatic imine (C=N–C) groups is 1. The van der Waals surface area contributed by atoms with Gasteiger partial charge in [-0.15, -0.1) is 0 Å². The molecule has 0 bridgehead atoms. The second-order valence-electron chi connectivity index (χ2n) is 21.7. The predicted octanol–water partition coefficient (Wildman–Crippen LogP) is 15.1. The molecule has 440 valence electrons. The molecule has 7 aromatic rings. The molecule has 15 heteroatoms. The number of aromatic nitrogens is 8. The molecule has 5 heterocycles. The number of carbonyl (C=O) groups excluding carboxylic acids is 3. The van der Waals surface area contributed by atoms with Crippen LogP contribution in [0.25, 0.3) is 0 Å². The number of hydrogen-bond donors (Lipinski definition) is 0. The number of carbonyl (C=O) groups is 3. The molecule has 81 heavy (non-hydrogen) atoms. The monoisotopic (exact) mass is 1300 g/mol. The quantitative estimate of drug-likeness (QED) is 0.0217. The van der Waals surface area contributed by atoms with Gasteiger partial charge in [0, 0.05) is 62.8 Å². The smallest absolute Gasteiger partial charge is 0.191 e. The number of aldehydes is 1. The van der Waals surface area contributed by atoms with Gasteiger partial charge in [-0.05, 0) is 95.6 Å². The maximum Gasteiger partial charge on any atom is 0.191 e. The van der Waals surface area contributed by atoms with E-state index in [9.17, 15) is 14.4 Å². The van der Waals surface area contributed by atoms with Crippen molar-refractivity contribution >= 4 is 82.2 Å². The van der Waals surface area contributed by atoms with E-state index >= 15 is 0 Å². The summed E-state index contributed by atoms with van der Waals surface area (Å²) in [6.45, 7) is 31.8. The first-order valence-electron chi connectivity index (χ1n) is 29.0. The van der Waals surface area contributed by atoms with Crippen LogP contribution in [0.3, 0.4) is 0 Å². The number of alkyl halides is 1. The van der Waals surface area contributed by atoms with Crippen LogP contribution in [0.2, 0.25) is 0 Å². The Kier molecular flexibility index (Phi) is 31.8. The average Bonchev–Trinajstić information content (AvgIpc) is 4.34. The number of allylic oxidation sites excluding steroid dienone is 1. The summed E-state index contributed by atoms with van der Waals surface area (Å²) >= 11 is 6.07. The van der Waals surface area contributed by atoms with E-state index in [1.807, 2.05) is 56.2 Å². The molecular formula is C66H94BrIN9O3P. The van der Waals surface area contributed by atoms with Gasteiger partial charge in [-0.1, -0.05) is 63.5 Å². The molecule has 0 atom stereocenters. The third kappa shape index (κ3) is 22.3. The minimum absolute atomic E-state index is 0.119. The second kappa shape index (κ2) is 36.9. The van der Waals surface area contributed by atoms with Crippen molar-refractivity contribution in [2.45, 2.75) is 155 Å². The molecule has 12 nitrogen and oxygen atoms in total. The van der Waals surface area contributed by atoms with Gasteiger partial charge in [0.25, 0.3) is 0 Å². The molecule has 1 aliphatic heterocycles. The van der Waals surface area contributed by atoms with Gasteiger partial charge in [-0.3, -0.25) is 38.1 Å². The predicted molar refractivity (Wildman–Crippen MR) is 356 cm³/mol. The van der Waals surface area contributed by atoms with E-state index in [1.165, 1.54) is 34.1 Å². The zero-order valence-electron chi connectivity index (χ0n) is 50.9. The second-order valence-corrected chi connectivity index (χ2v) is 33.0. The van der Waals surface area contributed by atoms with Crippen molar-refractivity contribution in [3.63, 3.8) is 0 Å². The number of nitrogens with zero attached hydrogens (tertiary/aromatic N) is 9. The molecule has 0 spiro atoms. The van der Waals surface area contributed by atoms with E-state index in [0.717, 1.165) is 99.5 Å². The number of ketones is 2. The number of aryl methyl sites for hydroxylation is 7. The number of benzene rings is 3. The average molecular weight is 1300 g/mol. The van der Waals surface area contributed by atoms with Crippen molar-refractivity contribution in [2.24, 2.45) is 28.7 Å². The molecule has 0 aliphatic carbocycles. The normalized spacial score (nSPS) is 12.0. The Bertz CT molecular complexity index is 2830. The summed E-state index contributed by atoms with van der Waals surface area (Å²) in [7, 11) is 0. The fourth-order valence-electron chi connectivity index (χ4n) is 9.12. The van der Waals surface area contributed by atoms with E-state index < -0.39 is 4.25 Å². The molecule has 0 saturated heterocycles. The first kappa shape index (κ1) is 69.8. The molecule has 4 aromatic heterocycles. The van der Waals surface area contributed by atoms with Crippen LogP contribution >= 0.6 is 42.2 Å². The molecule has 0 N–H and O–H groups in total. The maximum absolute atomic E-state index is 11.8. The van der Waals surface area contributed by atoms with Crippen molar-refractivity contribution in [3.05, 3.63) is 174 Å². The Labute approximate surface area is 507 Å². The van der Waals surface area contributed by atoms with Gasteiger partial charge in [-0.25, -0.2) is 0 Å². The molecule has 0 saturated carbocycles. The van der Waals surface area contributed by atoms with E-state index in [2.05, 4.69) is 223 Å². The van der Waals surface area contributed by atoms with E-state index in [4.69, 9.17) is 0 Å². The van der Waals surface area contributed by atoms with Gasteiger partial charge in [-0.2, -0.15) is 20.4 Å².